The average molecular weight is 257 g/mol. The Morgan fingerprint density at radius 1 is 1.22 bits per heavy atom. The molecular weight excluding hydrogens is 245 g/mol. The quantitative estimate of drug-likeness (QED) is 0.650. The van der Waals surface area contributed by atoms with Crippen LogP contribution in [0.5, 0.6) is 0 Å². The van der Waals surface area contributed by atoms with Gasteiger partial charge in [-0.1, -0.05) is 13.0 Å². The van der Waals surface area contributed by atoms with Gasteiger partial charge < -0.3 is 0 Å². The second-order valence-corrected chi connectivity index (χ2v) is 5.11. The van der Waals surface area contributed by atoms with Crippen LogP contribution in [0.25, 0.3) is 21.5 Å². The van der Waals surface area contributed by atoms with Gasteiger partial charge >= 0.3 is 0 Å². The smallest absolute Gasteiger partial charge is 0.125 e. The zero-order valence-corrected chi connectivity index (χ0v) is 10.8. The van der Waals surface area contributed by atoms with Gasteiger partial charge in [-0.25, -0.2) is 9.37 Å². The lowest BCUT2D eigenvalue weighted by Gasteiger charge is -2.07. The maximum Gasteiger partial charge on any atom is 0.125 e. The number of halogens is 1. The highest BCUT2D eigenvalue weighted by Crippen LogP contribution is 2.29. The normalized spacial score (nSPS) is 11.0. The maximum absolute atomic E-state index is 13.3. The number of pyridine rings is 1. The molecule has 1 nitrogen and oxygen atoms in total. The molecule has 3 aromatic rings. The summed E-state index contributed by atoms with van der Waals surface area (Å²) in [4.78, 5) is 5.76. The van der Waals surface area contributed by atoms with Crippen molar-refractivity contribution in [2.24, 2.45) is 0 Å². The number of fused-ring (bicyclic) bond motifs is 1. The number of aromatic nitrogens is 1. The molecule has 0 radical (unpaired) electrons. The van der Waals surface area contributed by atoms with Crippen LogP contribution in [0.4, 0.5) is 4.39 Å². The SMILES string of the molecule is CCc1cc2ccc(F)cc2nc1-c1cccs1. The number of rotatable bonds is 2. The number of hydrogen-bond donors (Lipinski definition) is 0. The van der Waals surface area contributed by atoms with Crippen molar-refractivity contribution in [3.05, 3.63) is 53.2 Å². The van der Waals surface area contributed by atoms with E-state index in [1.54, 1.807) is 17.4 Å². The van der Waals surface area contributed by atoms with Gasteiger partial charge in [-0.15, -0.1) is 11.3 Å². The third-order valence-electron chi connectivity index (χ3n) is 2.99. The van der Waals surface area contributed by atoms with E-state index < -0.39 is 0 Å². The predicted molar refractivity (Wildman–Crippen MR) is 74.4 cm³/mol. The van der Waals surface area contributed by atoms with Crippen molar-refractivity contribution in [2.75, 3.05) is 0 Å². The lowest BCUT2D eigenvalue weighted by Crippen LogP contribution is -1.92. The summed E-state index contributed by atoms with van der Waals surface area (Å²) in [5, 5.41) is 3.03. The number of benzene rings is 1. The first kappa shape index (κ1) is 11.4. The van der Waals surface area contributed by atoms with E-state index in [0.29, 0.717) is 0 Å². The topological polar surface area (TPSA) is 12.9 Å². The molecule has 3 heteroatoms. The fourth-order valence-corrected chi connectivity index (χ4v) is 2.83. The summed E-state index contributed by atoms with van der Waals surface area (Å²) < 4.78 is 13.3. The standard InChI is InChI=1S/C15H12FNS/c1-2-10-8-11-5-6-12(16)9-13(11)17-15(10)14-4-3-7-18-14/h3-9H,2H2,1H3. The molecule has 2 aromatic heterocycles. The van der Waals surface area contributed by atoms with Crippen LogP contribution < -0.4 is 0 Å². The summed E-state index contributed by atoms with van der Waals surface area (Å²) in [5.41, 5.74) is 2.90. The zero-order chi connectivity index (χ0) is 12.5. The van der Waals surface area contributed by atoms with E-state index in [1.165, 1.54) is 17.7 Å². The van der Waals surface area contributed by atoms with Crippen LogP contribution in [0.15, 0.2) is 41.8 Å². The van der Waals surface area contributed by atoms with Gasteiger partial charge in [0.2, 0.25) is 0 Å². The summed E-state index contributed by atoms with van der Waals surface area (Å²) in [6.45, 7) is 2.11. The van der Waals surface area contributed by atoms with Crippen LogP contribution in [0.1, 0.15) is 12.5 Å². The lowest BCUT2D eigenvalue weighted by molar-refractivity contribution is 0.629. The molecule has 2 heterocycles. The molecule has 0 bridgehead atoms. The van der Waals surface area contributed by atoms with E-state index in [1.807, 2.05) is 11.4 Å². The minimum absolute atomic E-state index is 0.239. The van der Waals surface area contributed by atoms with Crippen molar-refractivity contribution in [2.45, 2.75) is 13.3 Å². The molecule has 0 amide bonds. The van der Waals surface area contributed by atoms with Crippen LogP contribution in [-0.2, 0) is 6.42 Å². The molecule has 18 heavy (non-hydrogen) atoms. The third kappa shape index (κ3) is 1.91. The Morgan fingerprint density at radius 2 is 2.11 bits per heavy atom. The first-order chi connectivity index (χ1) is 8.78. The molecule has 0 N–H and O–H groups in total. The van der Waals surface area contributed by atoms with Crippen molar-refractivity contribution in [1.82, 2.24) is 4.98 Å². The first-order valence-corrected chi connectivity index (χ1v) is 6.79. The third-order valence-corrected chi connectivity index (χ3v) is 3.87. The molecule has 0 fully saturated rings. The maximum atomic E-state index is 13.3. The highest BCUT2D eigenvalue weighted by Gasteiger charge is 2.09. The van der Waals surface area contributed by atoms with Crippen LogP contribution in [0.2, 0.25) is 0 Å². The molecule has 0 atom stereocenters. The minimum Gasteiger partial charge on any atom is -0.247 e. The van der Waals surface area contributed by atoms with Gasteiger partial charge in [0.15, 0.2) is 0 Å². The molecule has 0 aliphatic rings. The van der Waals surface area contributed by atoms with E-state index in [2.05, 4.69) is 24.0 Å². The highest BCUT2D eigenvalue weighted by atomic mass is 32.1. The van der Waals surface area contributed by atoms with Crippen LogP contribution in [0, 0.1) is 5.82 Å². The van der Waals surface area contributed by atoms with E-state index in [4.69, 9.17) is 0 Å². The average Bonchev–Trinajstić information content (AvgIpc) is 2.90. The van der Waals surface area contributed by atoms with Gasteiger partial charge in [0.05, 0.1) is 16.1 Å². The van der Waals surface area contributed by atoms with Crippen molar-refractivity contribution in [1.29, 1.82) is 0 Å². The lowest BCUT2D eigenvalue weighted by atomic mass is 10.1. The molecule has 0 saturated carbocycles. The number of hydrogen-bond acceptors (Lipinski definition) is 2. The Balaban J connectivity index is 2.29. The molecule has 0 unspecified atom stereocenters. The summed E-state index contributed by atoms with van der Waals surface area (Å²) >= 11 is 1.66. The molecule has 3 rings (SSSR count). The van der Waals surface area contributed by atoms with Gasteiger partial charge in [0.1, 0.15) is 5.82 Å². The monoisotopic (exact) mass is 257 g/mol. The highest BCUT2D eigenvalue weighted by molar-refractivity contribution is 7.13. The van der Waals surface area contributed by atoms with E-state index in [9.17, 15) is 4.39 Å². The molecular formula is C15H12FNS. The molecule has 1 aromatic carbocycles. The van der Waals surface area contributed by atoms with Crippen LogP contribution >= 0.6 is 11.3 Å². The van der Waals surface area contributed by atoms with Gasteiger partial charge in [-0.3, -0.25) is 0 Å². The predicted octanol–water partition coefficient (Wildman–Crippen LogP) is 4.66. The van der Waals surface area contributed by atoms with Crippen molar-refractivity contribution >= 4 is 22.2 Å². The number of nitrogens with zero attached hydrogens (tertiary/aromatic N) is 1. The Hall–Kier alpha value is -1.74. The van der Waals surface area contributed by atoms with Gasteiger partial charge in [0.25, 0.3) is 0 Å². The Kier molecular flexibility index (Phi) is 2.84. The van der Waals surface area contributed by atoms with Crippen molar-refractivity contribution in [3.63, 3.8) is 0 Å². The number of thiophene rings is 1. The summed E-state index contributed by atoms with van der Waals surface area (Å²) in [5.74, 6) is -0.239. The molecule has 90 valence electrons. The second kappa shape index (κ2) is 4.50. The summed E-state index contributed by atoms with van der Waals surface area (Å²) in [6, 6.07) is 10.9. The zero-order valence-electron chi connectivity index (χ0n) is 9.98. The van der Waals surface area contributed by atoms with Crippen molar-refractivity contribution < 1.29 is 4.39 Å². The molecule has 0 aliphatic carbocycles. The van der Waals surface area contributed by atoms with Crippen LogP contribution in [-0.4, -0.2) is 4.98 Å². The van der Waals surface area contributed by atoms with Gasteiger partial charge in [0, 0.05) is 11.5 Å². The fourth-order valence-electron chi connectivity index (χ4n) is 2.08. The molecule has 0 saturated heterocycles. The van der Waals surface area contributed by atoms with E-state index >= 15 is 0 Å². The first-order valence-electron chi connectivity index (χ1n) is 5.91. The van der Waals surface area contributed by atoms with Crippen LogP contribution in [0.3, 0.4) is 0 Å². The van der Waals surface area contributed by atoms with Gasteiger partial charge in [-0.05, 0) is 41.6 Å². The Bertz CT molecular complexity index is 689. The molecule has 0 spiro atoms. The van der Waals surface area contributed by atoms with E-state index in [-0.39, 0.29) is 5.82 Å². The Labute approximate surface area is 109 Å². The van der Waals surface area contributed by atoms with Crippen molar-refractivity contribution in [3.8, 4) is 10.6 Å². The van der Waals surface area contributed by atoms with Gasteiger partial charge in [-0.2, -0.15) is 0 Å². The second-order valence-electron chi connectivity index (χ2n) is 4.16. The largest absolute Gasteiger partial charge is 0.247 e. The number of aryl methyl sites for hydroxylation is 1. The van der Waals surface area contributed by atoms with E-state index in [0.717, 1.165) is 27.9 Å². The molecule has 0 aliphatic heterocycles. The summed E-state index contributed by atoms with van der Waals surface area (Å²) in [6.07, 6.45) is 0.924. The minimum atomic E-state index is -0.239. The fraction of sp³-hybridized carbons (Fsp3) is 0.133. The Morgan fingerprint density at radius 3 is 2.83 bits per heavy atom. The summed E-state index contributed by atoms with van der Waals surface area (Å²) in [7, 11) is 0.